The third-order valence-electron chi connectivity index (χ3n) is 5.00. The molecule has 146 valence electrons. The van der Waals surface area contributed by atoms with Crippen molar-refractivity contribution < 1.29 is 9.59 Å². The highest BCUT2D eigenvalue weighted by molar-refractivity contribution is 5.98. The Morgan fingerprint density at radius 3 is 2.54 bits per heavy atom. The van der Waals surface area contributed by atoms with Gasteiger partial charge in [-0.3, -0.25) is 14.5 Å². The van der Waals surface area contributed by atoms with Gasteiger partial charge in [-0.25, -0.2) is 0 Å². The number of hydrogen-bond donors (Lipinski definition) is 3. The summed E-state index contributed by atoms with van der Waals surface area (Å²) in [4.78, 5) is 26.5. The summed E-state index contributed by atoms with van der Waals surface area (Å²) in [5.41, 5.74) is 1.19. The van der Waals surface area contributed by atoms with Crippen LogP contribution in [0.3, 0.4) is 0 Å². The van der Waals surface area contributed by atoms with E-state index in [2.05, 4.69) is 20.9 Å². The van der Waals surface area contributed by atoms with Crippen LogP contribution in [0, 0.1) is 5.92 Å². The molecule has 0 saturated carbocycles. The molecule has 1 fully saturated rings. The molecule has 1 aromatic carbocycles. The van der Waals surface area contributed by atoms with Crippen molar-refractivity contribution in [1.82, 2.24) is 15.5 Å². The number of halogens is 1. The number of carbonyl (C=O) groups excluding carboxylic acids is 2. The highest BCUT2D eigenvalue weighted by atomic mass is 35.5. The van der Waals surface area contributed by atoms with Crippen LogP contribution in [0.1, 0.15) is 36.5 Å². The Hall–Kier alpha value is -1.63. The minimum absolute atomic E-state index is 0. The highest BCUT2D eigenvalue weighted by Crippen LogP contribution is 2.22. The van der Waals surface area contributed by atoms with Gasteiger partial charge in [0.15, 0.2) is 0 Å². The van der Waals surface area contributed by atoms with Crippen molar-refractivity contribution in [2.75, 3.05) is 39.0 Å². The summed E-state index contributed by atoms with van der Waals surface area (Å²) < 4.78 is 0. The van der Waals surface area contributed by atoms with Crippen LogP contribution in [-0.2, 0) is 4.79 Å². The Morgan fingerprint density at radius 1 is 1.23 bits per heavy atom. The molecule has 2 rings (SSSR count). The van der Waals surface area contributed by atoms with E-state index in [1.165, 1.54) is 6.42 Å². The van der Waals surface area contributed by atoms with Crippen molar-refractivity contribution in [3.05, 3.63) is 29.8 Å². The summed E-state index contributed by atoms with van der Waals surface area (Å²) in [5, 5.41) is 8.73. The maximum absolute atomic E-state index is 12.6. The van der Waals surface area contributed by atoms with E-state index in [-0.39, 0.29) is 30.3 Å². The predicted molar refractivity (Wildman–Crippen MR) is 108 cm³/mol. The van der Waals surface area contributed by atoms with Gasteiger partial charge in [0.25, 0.3) is 5.91 Å². The molecule has 3 N–H and O–H groups in total. The van der Waals surface area contributed by atoms with Crippen LogP contribution in [0.5, 0.6) is 0 Å². The van der Waals surface area contributed by atoms with E-state index >= 15 is 0 Å². The molecule has 0 aromatic heterocycles. The summed E-state index contributed by atoms with van der Waals surface area (Å²) >= 11 is 0. The lowest BCUT2D eigenvalue weighted by atomic mass is 9.93. The molecule has 1 saturated heterocycles. The molecule has 1 heterocycles. The van der Waals surface area contributed by atoms with E-state index in [9.17, 15) is 9.59 Å². The van der Waals surface area contributed by atoms with Crippen molar-refractivity contribution in [1.29, 1.82) is 0 Å². The van der Waals surface area contributed by atoms with E-state index in [1.807, 2.05) is 14.0 Å². The molecule has 0 aliphatic carbocycles. The number of likely N-dealkylation sites (tertiary alicyclic amines) is 1. The largest absolute Gasteiger partial charge is 0.355 e. The van der Waals surface area contributed by atoms with Crippen molar-refractivity contribution in [2.24, 2.45) is 5.92 Å². The number of benzene rings is 1. The minimum atomic E-state index is -0.172. The SMILES string of the molecule is CNCCC1CCN(C(C)C(=O)Nc2cccc(C(=O)NC)c2)CC1.Cl. The zero-order valence-electron chi connectivity index (χ0n) is 15.9. The Morgan fingerprint density at radius 2 is 1.92 bits per heavy atom. The summed E-state index contributed by atoms with van der Waals surface area (Å²) in [5.74, 6) is 0.568. The summed E-state index contributed by atoms with van der Waals surface area (Å²) in [7, 11) is 3.58. The van der Waals surface area contributed by atoms with Crippen molar-refractivity contribution >= 4 is 29.9 Å². The molecule has 26 heavy (non-hydrogen) atoms. The Labute approximate surface area is 162 Å². The Bertz CT molecular complexity index is 589. The van der Waals surface area contributed by atoms with Gasteiger partial charge in [-0.2, -0.15) is 0 Å². The number of carbonyl (C=O) groups is 2. The molecule has 1 aromatic rings. The molecule has 7 heteroatoms. The van der Waals surface area contributed by atoms with Gasteiger partial charge >= 0.3 is 0 Å². The first-order valence-corrected chi connectivity index (χ1v) is 9.06. The molecule has 1 unspecified atom stereocenters. The zero-order chi connectivity index (χ0) is 18.2. The molecule has 1 atom stereocenters. The van der Waals surface area contributed by atoms with Crippen LogP contribution in [0.4, 0.5) is 5.69 Å². The van der Waals surface area contributed by atoms with Gasteiger partial charge in [-0.1, -0.05) is 6.07 Å². The molecule has 0 radical (unpaired) electrons. The number of nitrogens with zero attached hydrogens (tertiary/aromatic N) is 1. The van der Waals surface area contributed by atoms with Gasteiger partial charge in [-0.15, -0.1) is 12.4 Å². The number of hydrogen-bond acceptors (Lipinski definition) is 4. The maximum atomic E-state index is 12.6. The molecule has 6 nitrogen and oxygen atoms in total. The minimum Gasteiger partial charge on any atom is -0.355 e. The number of piperidine rings is 1. The monoisotopic (exact) mass is 382 g/mol. The van der Waals surface area contributed by atoms with Crippen LogP contribution < -0.4 is 16.0 Å². The molecule has 2 amide bonds. The fourth-order valence-electron chi connectivity index (χ4n) is 3.27. The standard InChI is InChI=1S/C19H30N4O2.ClH/c1-14(23-11-8-15(9-12-23)7-10-20-2)18(24)22-17-6-4-5-16(13-17)19(25)21-3;/h4-6,13-15,20H,7-12H2,1-3H3,(H,21,25)(H,22,24);1H. The normalized spacial score (nSPS) is 16.4. The average Bonchev–Trinajstić information content (AvgIpc) is 2.65. The zero-order valence-corrected chi connectivity index (χ0v) is 16.7. The lowest BCUT2D eigenvalue weighted by Gasteiger charge is -2.35. The first-order chi connectivity index (χ1) is 12.0. The Balaban J connectivity index is 0.00000338. The summed E-state index contributed by atoms with van der Waals surface area (Å²) in [6.45, 7) is 4.93. The fraction of sp³-hybridized carbons (Fsp3) is 0.579. The van der Waals surface area contributed by atoms with E-state index in [0.717, 1.165) is 38.4 Å². The molecule has 1 aliphatic heterocycles. The number of nitrogens with one attached hydrogen (secondary N) is 3. The van der Waals surface area contributed by atoms with Gasteiger partial charge in [0, 0.05) is 18.3 Å². The van der Waals surface area contributed by atoms with Crippen molar-refractivity contribution in [2.45, 2.75) is 32.2 Å². The topological polar surface area (TPSA) is 73.5 Å². The van der Waals surface area contributed by atoms with Crippen LogP contribution in [0.15, 0.2) is 24.3 Å². The number of rotatable bonds is 7. The van der Waals surface area contributed by atoms with E-state index in [4.69, 9.17) is 0 Å². The second kappa shape index (κ2) is 11.2. The third kappa shape index (κ3) is 6.27. The molecular weight excluding hydrogens is 352 g/mol. The highest BCUT2D eigenvalue weighted by Gasteiger charge is 2.26. The quantitative estimate of drug-likeness (QED) is 0.675. The second-order valence-corrected chi connectivity index (χ2v) is 6.70. The smallest absolute Gasteiger partial charge is 0.251 e. The molecule has 0 bridgehead atoms. The Kier molecular flexibility index (Phi) is 9.62. The van der Waals surface area contributed by atoms with Gasteiger partial charge in [0.2, 0.25) is 5.91 Å². The first-order valence-electron chi connectivity index (χ1n) is 9.06. The van der Waals surface area contributed by atoms with Gasteiger partial charge in [-0.05, 0) is 77.0 Å². The van der Waals surface area contributed by atoms with E-state index in [0.29, 0.717) is 11.3 Å². The van der Waals surface area contributed by atoms with Crippen molar-refractivity contribution in [3.63, 3.8) is 0 Å². The first kappa shape index (κ1) is 22.4. The predicted octanol–water partition coefficient (Wildman–Crippen LogP) is 2.12. The summed E-state index contributed by atoms with van der Waals surface area (Å²) in [6.07, 6.45) is 3.49. The van der Waals surface area contributed by atoms with Crippen molar-refractivity contribution in [3.8, 4) is 0 Å². The molecule has 0 spiro atoms. The lowest BCUT2D eigenvalue weighted by molar-refractivity contribution is -0.121. The van der Waals surface area contributed by atoms with Crippen LogP contribution in [0.2, 0.25) is 0 Å². The second-order valence-electron chi connectivity index (χ2n) is 6.70. The third-order valence-corrected chi connectivity index (χ3v) is 5.00. The summed E-state index contributed by atoms with van der Waals surface area (Å²) in [6, 6.07) is 6.84. The van der Waals surface area contributed by atoms with Crippen LogP contribution in [-0.4, -0.2) is 56.5 Å². The van der Waals surface area contributed by atoms with Crippen LogP contribution >= 0.6 is 12.4 Å². The molecular formula is C19H31ClN4O2. The fourth-order valence-corrected chi connectivity index (χ4v) is 3.27. The maximum Gasteiger partial charge on any atom is 0.251 e. The van der Waals surface area contributed by atoms with Crippen LogP contribution in [0.25, 0.3) is 0 Å². The van der Waals surface area contributed by atoms with Gasteiger partial charge < -0.3 is 16.0 Å². The van der Waals surface area contributed by atoms with E-state index < -0.39 is 0 Å². The van der Waals surface area contributed by atoms with Gasteiger partial charge in [0.05, 0.1) is 6.04 Å². The number of amides is 2. The average molecular weight is 383 g/mol. The van der Waals surface area contributed by atoms with Gasteiger partial charge in [0.1, 0.15) is 0 Å². The number of anilines is 1. The lowest BCUT2D eigenvalue weighted by Crippen LogP contribution is -2.46. The van der Waals surface area contributed by atoms with E-state index in [1.54, 1.807) is 31.3 Å². The molecule has 1 aliphatic rings.